The molecule has 0 bridgehead atoms. The second-order valence-corrected chi connectivity index (χ2v) is 6.05. The van der Waals surface area contributed by atoms with Gasteiger partial charge in [0.05, 0.1) is 0 Å². The lowest BCUT2D eigenvalue weighted by atomic mass is 9.98. The van der Waals surface area contributed by atoms with Crippen LogP contribution in [0.4, 0.5) is 4.39 Å². The quantitative estimate of drug-likeness (QED) is 0.559. The number of nitrogens with two attached hydrogens (primary N) is 2. The molecule has 0 spiro atoms. The number of nitrogens with zero attached hydrogens (tertiary/aromatic N) is 1. The number of thiophene rings is 1. The zero-order chi connectivity index (χ0) is 16.6. The number of rotatable bonds is 2. The van der Waals surface area contributed by atoms with Gasteiger partial charge in [0.25, 0.3) is 5.91 Å². The number of aliphatic imine (C=N–C) groups is 1. The van der Waals surface area contributed by atoms with Crippen LogP contribution in [0.15, 0.2) is 46.8 Å². The minimum Gasteiger partial charge on any atom is -0.370 e. The van der Waals surface area contributed by atoms with Crippen molar-refractivity contribution in [3.63, 3.8) is 0 Å². The Kier molecular flexibility index (Phi) is 3.83. The van der Waals surface area contributed by atoms with Crippen LogP contribution < -0.4 is 11.5 Å². The Balaban J connectivity index is 2.20. The van der Waals surface area contributed by atoms with Crippen molar-refractivity contribution in [1.82, 2.24) is 0 Å². The summed E-state index contributed by atoms with van der Waals surface area (Å²) in [5.41, 5.74) is 13.0. The largest absolute Gasteiger partial charge is 0.370 e. The molecule has 0 fully saturated rings. The van der Waals surface area contributed by atoms with E-state index in [9.17, 15) is 9.18 Å². The molecule has 0 aliphatic heterocycles. The van der Waals surface area contributed by atoms with E-state index in [2.05, 4.69) is 4.99 Å². The predicted molar refractivity (Wildman–Crippen MR) is 92.1 cm³/mol. The second-order valence-electron chi connectivity index (χ2n) is 5.13. The van der Waals surface area contributed by atoms with Gasteiger partial charge in [0.15, 0.2) is 5.96 Å². The molecule has 0 unspecified atom stereocenters. The molecule has 3 aromatic rings. The summed E-state index contributed by atoms with van der Waals surface area (Å²) in [6.07, 6.45) is 0. The summed E-state index contributed by atoms with van der Waals surface area (Å²) in [5.74, 6) is -1.09. The highest BCUT2D eigenvalue weighted by Gasteiger charge is 2.15. The van der Waals surface area contributed by atoms with Crippen molar-refractivity contribution in [3.8, 4) is 11.1 Å². The van der Waals surface area contributed by atoms with Gasteiger partial charge < -0.3 is 11.5 Å². The topological polar surface area (TPSA) is 81.5 Å². The normalized spacial score (nSPS) is 10.7. The molecule has 4 nitrogen and oxygen atoms in total. The number of hydrogen-bond donors (Lipinski definition) is 2. The highest BCUT2D eigenvalue weighted by atomic mass is 32.1. The average Bonchev–Trinajstić information content (AvgIpc) is 2.89. The summed E-state index contributed by atoms with van der Waals surface area (Å²) in [6.45, 7) is 1.86. The van der Waals surface area contributed by atoms with Gasteiger partial charge in [-0.05, 0) is 42.1 Å². The van der Waals surface area contributed by atoms with Gasteiger partial charge in [-0.15, -0.1) is 11.3 Å². The SMILES string of the molecule is Cc1cccc(F)c1-c1csc2ccc(C(=O)N=C(N)N)cc12. The van der Waals surface area contributed by atoms with E-state index in [-0.39, 0.29) is 11.8 Å². The Morgan fingerprint density at radius 2 is 2.00 bits per heavy atom. The molecule has 2 aromatic carbocycles. The average molecular weight is 327 g/mol. The molecule has 1 heterocycles. The smallest absolute Gasteiger partial charge is 0.280 e. The fraction of sp³-hybridized carbons (Fsp3) is 0.0588. The van der Waals surface area contributed by atoms with E-state index < -0.39 is 5.91 Å². The zero-order valence-corrected chi connectivity index (χ0v) is 13.2. The molecule has 3 rings (SSSR count). The summed E-state index contributed by atoms with van der Waals surface area (Å²) in [6, 6.07) is 10.1. The number of hydrogen-bond acceptors (Lipinski definition) is 2. The molecule has 0 saturated carbocycles. The molecule has 23 heavy (non-hydrogen) atoms. The van der Waals surface area contributed by atoms with E-state index in [4.69, 9.17) is 11.5 Å². The number of amides is 1. The lowest BCUT2D eigenvalue weighted by Crippen LogP contribution is -2.24. The number of halogens is 1. The minimum atomic E-state index is -0.519. The van der Waals surface area contributed by atoms with Crippen LogP contribution in [-0.4, -0.2) is 11.9 Å². The maximum atomic E-state index is 14.3. The molecule has 0 aliphatic rings. The highest BCUT2D eigenvalue weighted by Crippen LogP contribution is 2.37. The molecule has 6 heteroatoms. The van der Waals surface area contributed by atoms with Crippen molar-refractivity contribution < 1.29 is 9.18 Å². The standard InChI is InChI=1S/C17H14FN3OS/c1-9-3-2-4-13(18)15(9)12-8-23-14-6-5-10(7-11(12)14)16(22)21-17(19)20/h2-8H,1H3,(H4,19,20,21,22). The monoisotopic (exact) mass is 327 g/mol. The van der Waals surface area contributed by atoms with Gasteiger partial charge in [-0.25, -0.2) is 4.39 Å². The number of fused-ring (bicyclic) bond motifs is 1. The van der Waals surface area contributed by atoms with Crippen LogP contribution in [0, 0.1) is 12.7 Å². The fourth-order valence-electron chi connectivity index (χ4n) is 2.51. The second kappa shape index (κ2) is 5.81. The van der Waals surface area contributed by atoms with Crippen LogP contribution in [0.2, 0.25) is 0 Å². The number of carbonyl (C=O) groups excluding carboxylic acids is 1. The van der Waals surface area contributed by atoms with Crippen LogP contribution in [0.3, 0.4) is 0 Å². The van der Waals surface area contributed by atoms with Crippen LogP contribution in [0.5, 0.6) is 0 Å². The lowest BCUT2D eigenvalue weighted by Gasteiger charge is -2.07. The van der Waals surface area contributed by atoms with Crippen LogP contribution in [0.1, 0.15) is 15.9 Å². The third-order valence-corrected chi connectivity index (χ3v) is 4.51. The molecule has 0 atom stereocenters. The van der Waals surface area contributed by atoms with Crippen molar-refractivity contribution in [1.29, 1.82) is 0 Å². The first kappa shape index (κ1) is 15.2. The molecule has 0 saturated heterocycles. The maximum Gasteiger partial charge on any atom is 0.280 e. The number of carbonyl (C=O) groups is 1. The summed E-state index contributed by atoms with van der Waals surface area (Å²) < 4.78 is 15.2. The molecule has 1 amide bonds. The molecule has 0 aliphatic carbocycles. The van der Waals surface area contributed by atoms with E-state index in [0.717, 1.165) is 21.2 Å². The number of guanidine groups is 1. The fourth-order valence-corrected chi connectivity index (χ4v) is 3.44. The third kappa shape index (κ3) is 2.80. The Hall–Kier alpha value is -2.73. The molecular formula is C17H14FN3OS. The molecule has 0 radical (unpaired) electrons. The lowest BCUT2D eigenvalue weighted by molar-refractivity contribution is 0.100. The predicted octanol–water partition coefficient (Wildman–Crippen LogP) is 3.43. The van der Waals surface area contributed by atoms with Crippen LogP contribution in [0.25, 0.3) is 21.2 Å². The Morgan fingerprint density at radius 3 is 2.70 bits per heavy atom. The molecule has 4 N–H and O–H groups in total. The number of benzene rings is 2. The molecule has 116 valence electrons. The van der Waals surface area contributed by atoms with Gasteiger partial charge in [-0.2, -0.15) is 4.99 Å². The van der Waals surface area contributed by atoms with E-state index in [0.29, 0.717) is 11.1 Å². The summed E-state index contributed by atoms with van der Waals surface area (Å²) in [5, 5.41) is 2.70. The maximum absolute atomic E-state index is 14.3. The summed E-state index contributed by atoms with van der Waals surface area (Å²) >= 11 is 1.50. The Morgan fingerprint density at radius 1 is 1.22 bits per heavy atom. The Labute approximate surface area is 136 Å². The third-order valence-electron chi connectivity index (χ3n) is 3.54. The van der Waals surface area contributed by atoms with Gasteiger partial charge in [-0.3, -0.25) is 4.79 Å². The van der Waals surface area contributed by atoms with Crippen molar-refractivity contribution >= 4 is 33.3 Å². The van der Waals surface area contributed by atoms with Gasteiger partial charge in [0, 0.05) is 26.8 Å². The highest BCUT2D eigenvalue weighted by molar-refractivity contribution is 7.17. The minimum absolute atomic E-state index is 0.286. The first-order chi connectivity index (χ1) is 11.0. The molecular weight excluding hydrogens is 313 g/mol. The van der Waals surface area contributed by atoms with E-state index in [1.165, 1.54) is 17.4 Å². The van der Waals surface area contributed by atoms with Gasteiger partial charge in [-0.1, -0.05) is 12.1 Å². The van der Waals surface area contributed by atoms with Crippen molar-refractivity contribution in [2.75, 3.05) is 0 Å². The van der Waals surface area contributed by atoms with Crippen molar-refractivity contribution in [2.24, 2.45) is 16.5 Å². The van der Waals surface area contributed by atoms with E-state index >= 15 is 0 Å². The van der Waals surface area contributed by atoms with E-state index in [1.807, 2.05) is 24.4 Å². The van der Waals surface area contributed by atoms with E-state index in [1.54, 1.807) is 18.2 Å². The first-order valence-electron chi connectivity index (χ1n) is 6.88. The zero-order valence-electron chi connectivity index (χ0n) is 12.3. The van der Waals surface area contributed by atoms with Gasteiger partial charge >= 0.3 is 0 Å². The van der Waals surface area contributed by atoms with Gasteiger partial charge in [0.1, 0.15) is 5.82 Å². The van der Waals surface area contributed by atoms with Gasteiger partial charge in [0.2, 0.25) is 0 Å². The summed E-state index contributed by atoms with van der Waals surface area (Å²) in [4.78, 5) is 15.5. The number of aryl methyl sites for hydroxylation is 1. The molecule has 1 aromatic heterocycles. The van der Waals surface area contributed by atoms with Crippen molar-refractivity contribution in [3.05, 3.63) is 58.7 Å². The Bertz CT molecular complexity index is 922. The summed E-state index contributed by atoms with van der Waals surface area (Å²) in [7, 11) is 0. The first-order valence-corrected chi connectivity index (χ1v) is 7.76. The van der Waals surface area contributed by atoms with Crippen LogP contribution >= 0.6 is 11.3 Å². The van der Waals surface area contributed by atoms with Crippen LogP contribution in [-0.2, 0) is 0 Å². The van der Waals surface area contributed by atoms with Crippen molar-refractivity contribution in [2.45, 2.75) is 6.92 Å².